The Morgan fingerprint density at radius 3 is 2.51 bits per heavy atom. The highest BCUT2D eigenvalue weighted by Gasteiger charge is 2.24. The summed E-state index contributed by atoms with van der Waals surface area (Å²) in [5.41, 5.74) is 5.18. The number of carbonyl (C=O) groups excluding carboxylic acids is 2. The highest BCUT2D eigenvalue weighted by atomic mass is 35.5. The van der Waals surface area contributed by atoms with E-state index in [1.165, 1.54) is 32.4 Å². The van der Waals surface area contributed by atoms with Gasteiger partial charge < -0.3 is 20.3 Å². The van der Waals surface area contributed by atoms with Gasteiger partial charge in [0.2, 0.25) is 0 Å². The molecule has 0 bridgehead atoms. The van der Waals surface area contributed by atoms with Crippen LogP contribution in [0.15, 0.2) is 66.7 Å². The van der Waals surface area contributed by atoms with Crippen LogP contribution in [0.25, 0.3) is 11.1 Å². The van der Waals surface area contributed by atoms with E-state index in [9.17, 15) is 9.59 Å². The smallest absolute Gasteiger partial charge is 0.265 e. The molecule has 0 saturated carbocycles. The Kier molecular flexibility index (Phi) is 12.0. The number of piperidine rings is 1. The summed E-state index contributed by atoms with van der Waals surface area (Å²) in [6, 6.07) is 21.6. The van der Waals surface area contributed by atoms with Crippen molar-refractivity contribution in [1.29, 1.82) is 0 Å². The van der Waals surface area contributed by atoms with Crippen LogP contribution in [0.3, 0.4) is 0 Å². The summed E-state index contributed by atoms with van der Waals surface area (Å²) in [7, 11) is 0. The number of amides is 2. The van der Waals surface area contributed by atoms with E-state index >= 15 is 0 Å². The first kappa shape index (κ1) is 32.4. The number of hydrogen-bond donors (Lipinski definition) is 2. The molecule has 9 heteroatoms. The lowest BCUT2D eigenvalue weighted by Crippen LogP contribution is -2.37. The van der Waals surface area contributed by atoms with Crippen LogP contribution in [0.5, 0.6) is 5.75 Å². The average Bonchev–Trinajstić information content (AvgIpc) is 2.97. The number of nitrogens with zero attached hydrogens (tertiary/aromatic N) is 2. The number of likely N-dealkylation sites (N-methyl/N-ethyl adjacent to an activating group) is 1. The first-order valence-corrected chi connectivity index (χ1v) is 14.1. The molecule has 1 unspecified atom stereocenters. The molecule has 0 aromatic heterocycles. The molecular formula is C32H40Cl2N4O3. The number of benzene rings is 3. The third-order valence-electron chi connectivity index (χ3n) is 7.64. The summed E-state index contributed by atoms with van der Waals surface area (Å²) < 4.78 is 5.63. The molecule has 1 atom stereocenters. The van der Waals surface area contributed by atoms with E-state index in [1.54, 1.807) is 25.1 Å². The minimum absolute atomic E-state index is 0. The molecule has 2 aliphatic rings. The summed E-state index contributed by atoms with van der Waals surface area (Å²) >= 11 is 0. The van der Waals surface area contributed by atoms with E-state index < -0.39 is 6.10 Å². The lowest BCUT2D eigenvalue weighted by molar-refractivity contribution is -0.122. The molecule has 0 aliphatic carbocycles. The van der Waals surface area contributed by atoms with Crippen LogP contribution in [-0.2, 0) is 11.3 Å². The molecule has 5 rings (SSSR count). The van der Waals surface area contributed by atoms with E-state index in [4.69, 9.17) is 4.74 Å². The Bertz CT molecular complexity index is 1320. The topological polar surface area (TPSA) is 73.9 Å². The van der Waals surface area contributed by atoms with Crippen molar-refractivity contribution >= 4 is 48.0 Å². The van der Waals surface area contributed by atoms with E-state index in [1.807, 2.05) is 30.3 Å². The molecule has 220 valence electrons. The van der Waals surface area contributed by atoms with Crippen molar-refractivity contribution < 1.29 is 14.3 Å². The van der Waals surface area contributed by atoms with Crippen LogP contribution < -0.4 is 15.4 Å². The molecule has 7 nitrogen and oxygen atoms in total. The Labute approximate surface area is 255 Å². The maximum atomic E-state index is 13.3. The lowest BCUT2D eigenvalue weighted by Gasteiger charge is -2.30. The third-order valence-corrected chi connectivity index (χ3v) is 7.64. The fraction of sp³-hybridized carbons (Fsp3) is 0.375. The predicted molar refractivity (Wildman–Crippen MR) is 171 cm³/mol. The van der Waals surface area contributed by atoms with Gasteiger partial charge in [-0.3, -0.25) is 14.5 Å². The zero-order valence-corrected chi connectivity index (χ0v) is 25.4. The van der Waals surface area contributed by atoms with E-state index in [-0.39, 0.29) is 36.6 Å². The summed E-state index contributed by atoms with van der Waals surface area (Å²) in [6.07, 6.45) is 3.40. The molecule has 2 heterocycles. The second-order valence-electron chi connectivity index (χ2n) is 10.4. The zero-order valence-electron chi connectivity index (χ0n) is 23.7. The van der Waals surface area contributed by atoms with Gasteiger partial charge in [0.05, 0.1) is 5.69 Å². The van der Waals surface area contributed by atoms with Crippen molar-refractivity contribution in [3.05, 3.63) is 77.9 Å². The van der Waals surface area contributed by atoms with Gasteiger partial charge in [-0.1, -0.05) is 49.7 Å². The number of carbonyl (C=O) groups is 2. The number of hydrogen-bond acceptors (Lipinski definition) is 5. The molecule has 3 aromatic carbocycles. The number of fused-ring (bicyclic) bond motifs is 1. The quantitative estimate of drug-likeness (QED) is 0.295. The van der Waals surface area contributed by atoms with Crippen LogP contribution in [0, 0.1) is 0 Å². The Morgan fingerprint density at radius 1 is 1.02 bits per heavy atom. The van der Waals surface area contributed by atoms with Gasteiger partial charge in [-0.15, -0.1) is 24.8 Å². The number of ether oxygens (including phenoxy) is 1. The van der Waals surface area contributed by atoms with Crippen LogP contribution in [0.2, 0.25) is 0 Å². The van der Waals surface area contributed by atoms with Crippen LogP contribution in [0.4, 0.5) is 11.4 Å². The second kappa shape index (κ2) is 15.2. The Balaban J connectivity index is 0.00000231. The molecule has 2 amide bonds. The maximum Gasteiger partial charge on any atom is 0.265 e. The maximum absolute atomic E-state index is 13.3. The zero-order chi connectivity index (χ0) is 27.2. The van der Waals surface area contributed by atoms with Gasteiger partial charge in [-0.2, -0.15) is 0 Å². The van der Waals surface area contributed by atoms with Gasteiger partial charge >= 0.3 is 0 Å². The van der Waals surface area contributed by atoms with Gasteiger partial charge in [0.15, 0.2) is 6.10 Å². The third kappa shape index (κ3) is 8.23. The largest absolute Gasteiger partial charge is 0.479 e. The molecule has 1 saturated heterocycles. The first-order chi connectivity index (χ1) is 19.0. The lowest BCUT2D eigenvalue weighted by atomic mass is 9.96. The number of anilines is 2. The summed E-state index contributed by atoms with van der Waals surface area (Å²) in [5, 5.41) is 5.83. The first-order valence-electron chi connectivity index (χ1n) is 14.1. The van der Waals surface area contributed by atoms with Gasteiger partial charge in [-0.25, -0.2) is 0 Å². The van der Waals surface area contributed by atoms with Crippen LogP contribution in [0.1, 0.15) is 49.0 Å². The molecule has 3 aromatic rings. The average molecular weight is 600 g/mol. The highest BCUT2D eigenvalue weighted by molar-refractivity contribution is 6.05. The SMILES string of the molecule is CCN(CCN1CCCCC1)Cc1cc(C(=O)Nc2ccc3c(c2)NC(=O)C(C)O3)ccc1-c1ccccc1.Cl.Cl. The van der Waals surface area contributed by atoms with Crippen molar-refractivity contribution in [1.82, 2.24) is 9.80 Å². The van der Waals surface area contributed by atoms with Gasteiger partial charge in [0.1, 0.15) is 5.75 Å². The highest BCUT2D eigenvalue weighted by Crippen LogP contribution is 2.32. The van der Waals surface area contributed by atoms with Gasteiger partial charge in [0, 0.05) is 30.9 Å². The fourth-order valence-corrected chi connectivity index (χ4v) is 5.31. The van der Waals surface area contributed by atoms with E-state index in [0.29, 0.717) is 22.7 Å². The number of halogens is 2. The van der Waals surface area contributed by atoms with Crippen molar-refractivity contribution in [2.24, 2.45) is 0 Å². The fourth-order valence-electron chi connectivity index (χ4n) is 5.31. The summed E-state index contributed by atoms with van der Waals surface area (Å²) in [4.78, 5) is 30.4. The number of likely N-dealkylation sites (tertiary alicyclic amines) is 1. The number of rotatable bonds is 9. The van der Waals surface area contributed by atoms with Crippen molar-refractivity contribution in [2.75, 3.05) is 43.4 Å². The molecule has 0 spiro atoms. The molecule has 41 heavy (non-hydrogen) atoms. The van der Waals surface area contributed by atoms with Gasteiger partial charge in [0.25, 0.3) is 11.8 Å². The van der Waals surface area contributed by atoms with E-state index in [0.717, 1.165) is 42.9 Å². The van der Waals surface area contributed by atoms with E-state index in [2.05, 4.69) is 45.6 Å². The molecule has 2 aliphatic heterocycles. The van der Waals surface area contributed by atoms with Crippen LogP contribution >= 0.6 is 24.8 Å². The Hall–Kier alpha value is -3.10. The van der Waals surface area contributed by atoms with Gasteiger partial charge in [-0.05, 0) is 86.4 Å². The van der Waals surface area contributed by atoms with Crippen molar-refractivity contribution in [2.45, 2.75) is 45.8 Å². The minimum Gasteiger partial charge on any atom is -0.479 e. The van der Waals surface area contributed by atoms with Crippen molar-refractivity contribution in [3.63, 3.8) is 0 Å². The number of nitrogens with one attached hydrogen (secondary N) is 2. The molecular weight excluding hydrogens is 559 g/mol. The second-order valence-corrected chi connectivity index (χ2v) is 10.4. The molecule has 2 N–H and O–H groups in total. The molecule has 0 radical (unpaired) electrons. The normalized spacial score (nSPS) is 16.5. The summed E-state index contributed by atoms with van der Waals surface area (Å²) in [6.45, 7) is 10.1. The molecule has 1 fully saturated rings. The predicted octanol–water partition coefficient (Wildman–Crippen LogP) is 6.48. The van der Waals surface area contributed by atoms with Crippen molar-refractivity contribution in [3.8, 4) is 16.9 Å². The Morgan fingerprint density at radius 2 is 1.78 bits per heavy atom. The van der Waals surface area contributed by atoms with Crippen LogP contribution in [-0.4, -0.2) is 60.4 Å². The standard InChI is InChI=1S/C32H38N4O3.2ClH/c1-3-35(18-19-36-16-8-5-9-17-36)22-26-20-25(12-14-28(26)24-10-6-4-7-11-24)32(38)33-27-13-15-30-29(21-27)34-31(37)23(2)39-30;;/h4,6-7,10-15,20-21,23H,3,5,8-9,16-19,22H2,1-2H3,(H,33,38)(H,34,37);2*1H. The minimum atomic E-state index is -0.540. The summed E-state index contributed by atoms with van der Waals surface area (Å²) in [5.74, 6) is 0.204. The monoisotopic (exact) mass is 598 g/mol.